The average molecular weight is 328 g/mol. The molecule has 1 atom stereocenters. The molecule has 1 heterocycles. The second-order valence-electron chi connectivity index (χ2n) is 5.69. The Kier molecular flexibility index (Phi) is 5.83. The maximum absolute atomic E-state index is 11.8. The lowest BCUT2D eigenvalue weighted by atomic mass is 9.96. The van der Waals surface area contributed by atoms with Gasteiger partial charge in [0.15, 0.2) is 5.82 Å². The molecule has 126 valence electrons. The first-order valence-electron chi connectivity index (χ1n) is 7.62. The third kappa shape index (κ3) is 4.77. The van der Waals surface area contributed by atoms with Crippen LogP contribution in [0, 0.1) is 11.8 Å². The number of nitrogens with one attached hydrogen (secondary N) is 2. The summed E-state index contributed by atoms with van der Waals surface area (Å²) in [6.45, 7) is 3.66. The number of aliphatic carboxylic acids is 1. The Balaban J connectivity index is 1.91. The smallest absolute Gasteiger partial charge is 0.319 e. The first-order valence-corrected chi connectivity index (χ1v) is 7.62. The number of carboxylic acids is 1. The number of carboxylic acid groups (broad SMARTS) is 1. The van der Waals surface area contributed by atoms with Crippen LogP contribution >= 0.6 is 0 Å². The number of aromatic nitrogens is 2. The maximum Gasteiger partial charge on any atom is 0.319 e. The number of carbonyl (C=O) groups excluding carboxylic acids is 1. The Morgan fingerprint density at radius 1 is 1.12 bits per heavy atom. The third-order valence-corrected chi connectivity index (χ3v) is 3.55. The summed E-state index contributed by atoms with van der Waals surface area (Å²) in [6.07, 6.45) is 3.01. The van der Waals surface area contributed by atoms with Crippen LogP contribution in [-0.4, -0.2) is 33.6 Å². The summed E-state index contributed by atoms with van der Waals surface area (Å²) in [5.41, 5.74) is 1.32. The number of benzene rings is 1. The molecule has 0 saturated carbocycles. The number of amides is 2. The quantitative estimate of drug-likeness (QED) is 0.756. The molecule has 0 aliphatic carbocycles. The van der Waals surface area contributed by atoms with E-state index in [0.29, 0.717) is 11.5 Å². The normalized spacial score (nSPS) is 11.8. The van der Waals surface area contributed by atoms with Gasteiger partial charge in [0.25, 0.3) is 0 Å². The summed E-state index contributed by atoms with van der Waals surface area (Å²) in [5.74, 6) is -1.07. The Morgan fingerprint density at radius 3 is 2.29 bits per heavy atom. The molecule has 3 N–H and O–H groups in total. The van der Waals surface area contributed by atoms with Crippen molar-refractivity contribution in [3.63, 3.8) is 0 Å². The maximum atomic E-state index is 11.8. The highest BCUT2D eigenvalue weighted by atomic mass is 16.4. The number of anilines is 1. The molecular weight excluding hydrogens is 308 g/mol. The standard InChI is InChI=1S/C17H20N4O3/c1-11(2)14(16(22)23)10-20-17(24)21-13-8-18-15(19-9-13)12-6-4-3-5-7-12/h3-9,11,14H,10H2,1-2H3,(H,22,23)(H2,20,21,24). The van der Waals surface area contributed by atoms with Crippen molar-refractivity contribution in [2.45, 2.75) is 13.8 Å². The minimum Gasteiger partial charge on any atom is -0.481 e. The van der Waals surface area contributed by atoms with Crippen molar-refractivity contribution in [3.8, 4) is 11.4 Å². The van der Waals surface area contributed by atoms with Crippen molar-refractivity contribution in [2.75, 3.05) is 11.9 Å². The van der Waals surface area contributed by atoms with Gasteiger partial charge in [-0.1, -0.05) is 44.2 Å². The highest BCUT2D eigenvalue weighted by Gasteiger charge is 2.21. The molecule has 2 amide bonds. The highest BCUT2D eigenvalue weighted by molar-refractivity contribution is 5.89. The molecule has 0 radical (unpaired) electrons. The summed E-state index contributed by atoms with van der Waals surface area (Å²) in [5, 5.41) is 14.2. The highest BCUT2D eigenvalue weighted by Crippen LogP contribution is 2.15. The molecule has 0 fully saturated rings. The summed E-state index contributed by atoms with van der Waals surface area (Å²) in [7, 11) is 0. The van der Waals surface area contributed by atoms with Crippen molar-refractivity contribution in [1.82, 2.24) is 15.3 Å². The van der Waals surface area contributed by atoms with Crippen molar-refractivity contribution in [1.29, 1.82) is 0 Å². The van der Waals surface area contributed by atoms with E-state index in [-0.39, 0.29) is 12.5 Å². The van der Waals surface area contributed by atoms with E-state index in [0.717, 1.165) is 5.56 Å². The lowest BCUT2D eigenvalue weighted by molar-refractivity contribution is -0.142. The fraction of sp³-hybridized carbons (Fsp3) is 0.294. The zero-order chi connectivity index (χ0) is 17.5. The average Bonchev–Trinajstić information content (AvgIpc) is 2.56. The fourth-order valence-corrected chi connectivity index (χ4v) is 2.11. The summed E-state index contributed by atoms with van der Waals surface area (Å²) >= 11 is 0. The van der Waals surface area contributed by atoms with E-state index in [1.807, 2.05) is 30.3 Å². The van der Waals surface area contributed by atoms with Gasteiger partial charge in [0, 0.05) is 12.1 Å². The van der Waals surface area contributed by atoms with E-state index in [9.17, 15) is 9.59 Å². The van der Waals surface area contributed by atoms with Crippen molar-refractivity contribution >= 4 is 17.7 Å². The number of hydrogen-bond acceptors (Lipinski definition) is 4. The minimum absolute atomic E-state index is 0.0573. The van der Waals surface area contributed by atoms with Gasteiger partial charge in [0.2, 0.25) is 0 Å². The molecule has 0 saturated heterocycles. The van der Waals surface area contributed by atoms with Crippen LogP contribution in [0.15, 0.2) is 42.7 Å². The van der Waals surface area contributed by atoms with Crippen LogP contribution in [0.4, 0.5) is 10.5 Å². The summed E-state index contributed by atoms with van der Waals surface area (Å²) < 4.78 is 0. The number of hydrogen-bond donors (Lipinski definition) is 3. The predicted octanol–water partition coefficient (Wildman–Crippen LogP) is 2.62. The Labute approximate surface area is 140 Å². The Hall–Kier alpha value is -2.96. The monoisotopic (exact) mass is 328 g/mol. The number of urea groups is 1. The molecule has 0 aliphatic rings. The lowest BCUT2D eigenvalue weighted by Crippen LogP contribution is -2.37. The molecule has 7 heteroatoms. The van der Waals surface area contributed by atoms with E-state index in [1.54, 1.807) is 13.8 Å². The zero-order valence-corrected chi connectivity index (χ0v) is 13.6. The van der Waals surface area contributed by atoms with Gasteiger partial charge in [-0.15, -0.1) is 0 Å². The second-order valence-corrected chi connectivity index (χ2v) is 5.69. The van der Waals surface area contributed by atoms with Crippen molar-refractivity contribution in [2.24, 2.45) is 11.8 Å². The van der Waals surface area contributed by atoms with Crippen LogP contribution < -0.4 is 10.6 Å². The molecule has 1 aromatic carbocycles. The summed E-state index contributed by atoms with van der Waals surface area (Å²) in [4.78, 5) is 31.4. The van der Waals surface area contributed by atoms with Gasteiger partial charge in [-0.25, -0.2) is 14.8 Å². The largest absolute Gasteiger partial charge is 0.481 e. The minimum atomic E-state index is -0.930. The molecule has 2 rings (SSSR count). The summed E-state index contributed by atoms with van der Waals surface area (Å²) in [6, 6.07) is 9.00. The molecule has 0 bridgehead atoms. The van der Waals surface area contributed by atoms with Gasteiger partial charge in [-0.2, -0.15) is 0 Å². The molecule has 2 aromatic rings. The Bertz CT molecular complexity index is 687. The zero-order valence-electron chi connectivity index (χ0n) is 13.6. The number of carbonyl (C=O) groups is 2. The molecule has 24 heavy (non-hydrogen) atoms. The molecule has 0 aliphatic heterocycles. The van der Waals surface area contributed by atoms with Gasteiger partial charge in [-0.3, -0.25) is 4.79 Å². The third-order valence-electron chi connectivity index (χ3n) is 3.55. The van der Waals surface area contributed by atoms with Gasteiger partial charge >= 0.3 is 12.0 Å². The second kappa shape index (κ2) is 8.05. The first-order chi connectivity index (χ1) is 11.5. The molecule has 7 nitrogen and oxygen atoms in total. The van der Waals surface area contributed by atoms with Gasteiger partial charge in [-0.05, 0) is 5.92 Å². The first kappa shape index (κ1) is 17.4. The van der Waals surface area contributed by atoms with E-state index < -0.39 is 17.9 Å². The number of rotatable bonds is 6. The van der Waals surface area contributed by atoms with Gasteiger partial charge in [0.05, 0.1) is 24.0 Å². The van der Waals surface area contributed by atoms with E-state index >= 15 is 0 Å². The fourth-order valence-electron chi connectivity index (χ4n) is 2.11. The van der Waals surface area contributed by atoms with Crippen LogP contribution in [0.2, 0.25) is 0 Å². The van der Waals surface area contributed by atoms with E-state index in [2.05, 4.69) is 20.6 Å². The van der Waals surface area contributed by atoms with E-state index in [1.165, 1.54) is 12.4 Å². The Morgan fingerprint density at radius 2 is 1.75 bits per heavy atom. The van der Waals surface area contributed by atoms with Crippen LogP contribution in [0.3, 0.4) is 0 Å². The molecule has 0 spiro atoms. The predicted molar refractivity (Wildman–Crippen MR) is 90.5 cm³/mol. The lowest BCUT2D eigenvalue weighted by Gasteiger charge is -2.16. The topological polar surface area (TPSA) is 104 Å². The van der Waals surface area contributed by atoms with Gasteiger partial charge < -0.3 is 15.7 Å². The molecule has 1 aromatic heterocycles. The van der Waals surface area contributed by atoms with Crippen LogP contribution in [-0.2, 0) is 4.79 Å². The van der Waals surface area contributed by atoms with E-state index in [4.69, 9.17) is 5.11 Å². The van der Waals surface area contributed by atoms with Crippen LogP contribution in [0.5, 0.6) is 0 Å². The number of nitrogens with zero attached hydrogens (tertiary/aromatic N) is 2. The van der Waals surface area contributed by atoms with Crippen molar-refractivity contribution in [3.05, 3.63) is 42.7 Å². The van der Waals surface area contributed by atoms with Crippen LogP contribution in [0.1, 0.15) is 13.8 Å². The SMILES string of the molecule is CC(C)C(CNC(=O)Nc1cnc(-c2ccccc2)nc1)C(=O)O. The van der Waals surface area contributed by atoms with Crippen molar-refractivity contribution < 1.29 is 14.7 Å². The van der Waals surface area contributed by atoms with Gasteiger partial charge in [0.1, 0.15) is 0 Å². The van der Waals surface area contributed by atoms with Crippen LogP contribution in [0.25, 0.3) is 11.4 Å². The molecule has 1 unspecified atom stereocenters. The molecular formula is C17H20N4O3.